The van der Waals surface area contributed by atoms with Crippen molar-refractivity contribution in [3.05, 3.63) is 34.9 Å². The molecule has 1 N–H and O–H groups in total. The zero-order valence-corrected chi connectivity index (χ0v) is 10.5. The molecular formula is C13H20ClN. The van der Waals surface area contributed by atoms with Gasteiger partial charge in [0.05, 0.1) is 0 Å². The zero-order chi connectivity index (χ0) is 11.3. The lowest BCUT2D eigenvalue weighted by atomic mass is 9.96. The van der Waals surface area contributed by atoms with Crippen molar-refractivity contribution in [1.82, 2.24) is 5.32 Å². The van der Waals surface area contributed by atoms with Gasteiger partial charge in [-0.1, -0.05) is 44.5 Å². The van der Waals surface area contributed by atoms with E-state index in [0.717, 1.165) is 18.0 Å². The third kappa shape index (κ3) is 4.23. The number of rotatable bonds is 5. The van der Waals surface area contributed by atoms with Crippen LogP contribution in [0.1, 0.15) is 26.3 Å². The minimum absolute atomic E-state index is 0.552. The summed E-state index contributed by atoms with van der Waals surface area (Å²) in [4.78, 5) is 0. The number of likely N-dealkylation sites (N-methyl/N-ethyl adjacent to an activating group) is 1. The smallest absolute Gasteiger partial charge is 0.0406 e. The maximum Gasteiger partial charge on any atom is 0.0406 e. The summed E-state index contributed by atoms with van der Waals surface area (Å²) in [5, 5.41) is 4.32. The van der Waals surface area contributed by atoms with Crippen LogP contribution in [0, 0.1) is 5.92 Å². The molecule has 0 saturated carbocycles. The van der Waals surface area contributed by atoms with E-state index in [4.69, 9.17) is 11.6 Å². The molecule has 0 aliphatic heterocycles. The van der Waals surface area contributed by atoms with E-state index in [2.05, 4.69) is 38.2 Å². The average molecular weight is 226 g/mol. The van der Waals surface area contributed by atoms with Crippen LogP contribution < -0.4 is 5.32 Å². The lowest BCUT2D eigenvalue weighted by Gasteiger charge is -2.21. The van der Waals surface area contributed by atoms with E-state index >= 15 is 0 Å². The van der Waals surface area contributed by atoms with Crippen LogP contribution in [0.4, 0.5) is 0 Å². The first-order valence-corrected chi connectivity index (χ1v) is 5.99. The SMILES string of the molecule is CCNC(Cc1ccc(Cl)cc1)C(C)C. The van der Waals surface area contributed by atoms with Gasteiger partial charge >= 0.3 is 0 Å². The van der Waals surface area contributed by atoms with Crippen LogP contribution in [0.15, 0.2) is 24.3 Å². The van der Waals surface area contributed by atoms with Crippen LogP contribution in [0.2, 0.25) is 5.02 Å². The monoisotopic (exact) mass is 225 g/mol. The van der Waals surface area contributed by atoms with Crippen molar-refractivity contribution in [2.75, 3.05) is 6.54 Å². The van der Waals surface area contributed by atoms with Gasteiger partial charge in [-0.2, -0.15) is 0 Å². The predicted octanol–water partition coefficient (Wildman–Crippen LogP) is 3.52. The molecule has 0 aliphatic rings. The molecule has 0 amide bonds. The van der Waals surface area contributed by atoms with Crippen LogP contribution in [0.25, 0.3) is 0 Å². The molecule has 0 spiro atoms. The molecule has 2 heteroatoms. The fourth-order valence-electron chi connectivity index (χ4n) is 1.68. The van der Waals surface area contributed by atoms with E-state index in [1.54, 1.807) is 0 Å². The summed E-state index contributed by atoms with van der Waals surface area (Å²) < 4.78 is 0. The Hall–Kier alpha value is -0.530. The summed E-state index contributed by atoms with van der Waals surface area (Å²) in [5.74, 6) is 0.653. The highest BCUT2D eigenvalue weighted by atomic mass is 35.5. The zero-order valence-electron chi connectivity index (χ0n) is 9.76. The topological polar surface area (TPSA) is 12.0 Å². The highest BCUT2D eigenvalue weighted by molar-refractivity contribution is 6.30. The summed E-state index contributed by atoms with van der Waals surface area (Å²) in [6, 6.07) is 8.68. The summed E-state index contributed by atoms with van der Waals surface area (Å²) in [6.45, 7) is 7.68. The molecule has 0 aliphatic carbocycles. The molecule has 0 fully saturated rings. The summed E-state index contributed by atoms with van der Waals surface area (Å²) >= 11 is 5.86. The molecule has 1 unspecified atom stereocenters. The second kappa shape index (κ2) is 6.14. The molecule has 15 heavy (non-hydrogen) atoms. The molecule has 1 rings (SSSR count). The van der Waals surface area contributed by atoms with Crippen molar-refractivity contribution < 1.29 is 0 Å². The van der Waals surface area contributed by atoms with Gasteiger partial charge in [-0.05, 0) is 36.6 Å². The van der Waals surface area contributed by atoms with Crippen LogP contribution in [0.5, 0.6) is 0 Å². The van der Waals surface area contributed by atoms with Crippen molar-refractivity contribution in [2.24, 2.45) is 5.92 Å². The third-order valence-corrected chi connectivity index (χ3v) is 2.89. The van der Waals surface area contributed by atoms with Crippen molar-refractivity contribution in [1.29, 1.82) is 0 Å². The lowest BCUT2D eigenvalue weighted by molar-refractivity contribution is 0.405. The van der Waals surface area contributed by atoms with Crippen LogP contribution in [-0.2, 0) is 6.42 Å². The molecule has 0 heterocycles. The number of nitrogens with one attached hydrogen (secondary N) is 1. The Balaban J connectivity index is 2.61. The van der Waals surface area contributed by atoms with E-state index in [-0.39, 0.29) is 0 Å². The van der Waals surface area contributed by atoms with Gasteiger partial charge in [0, 0.05) is 11.1 Å². The van der Waals surface area contributed by atoms with Crippen LogP contribution in [0.3, 0.4) is 0 Å². The quantitative estimate of drug-likeness (QED) is 0.809. The van der Waals surface area contributed by atoms with Gasteiger partial charge < -0.3 is 5.32 Å². The van der Waals surface area contributed by atoms with Crippen molar-refractivity contribution in [3.8, 4) is 0 Å². The van der Waals surface area contributed by atoms with Crippen LogP contribution in [-0.4, -0.2) is 12.6 Å². The van der Waals surface area contributed by atoms with Gasteiger partial charge in [-0.15, -0.1) is 0 Å². The molecule has 0 aromatic heterocycles. The lowest BCUT2D eigenvalue weighted by Crippen LogP contribution is -2.35. The average Bonchev–Trinajstić information content (AvgIpc) is 2.20. The highest BCUT2D eigenvalue weighted by Crippen LogP contribution is 2.13. The Kier molecular flexibility index (Phi) is 5.13. The first kappa shape index (κ1) is 12.5. The Labute approximate surface area is 97.8 Å². The summed E-state index contributed by atoms with van der Waals surface area (Å²) in [5.41, 5.74) is 1.35. The van der Waals surface area contributed by atoms with Gasteiger partial charge in [0.15, 0.2) is 0 Å². The van der Waals surface area contributed by atoms with E-state index in [1.165, 1.54) is 5.56 Å². The minimum Gasteiger partial charge on any atom is -0.314 e. The maximum atomic E-state index is 5.86. The Bertz CT molecular complexity index is 279. The van der Waals surface area contributed by atoms with Crippen molar-refractivity contribution in [2.45, 2.75) is 33.2 Å². The molecule has 1 atom stereocenters. The van der Waals surface area contributed by atoms with Crippen LogP contribution >= 0.6 is 11.6 Å². The minimum atomic E-state index is 0.552. The van der Waals surface area contributed by atoms with E-state index in [9.17, 15) is 0 Å². The number of hydrogen-bond donors (Lipinski definition) is 1. The number of benzene rings is 1. The van der Waals surface area contributed by atoms with Gasteiger partial charge in [0.2, 0.25) is 0 Å². The normalized spacial score (nSPS) is 13.1. The first-order valence-electron chi connectivity index (χ1n) is 5.61. The van der Waals surface area contributed by atoms with Gasteiger partial charge in [-0.25, -0.2) is 0 Å². The molecule has 0 radical (unpaired) electrons. The van der Waals surface area contributed by atoms with Gasteiger partial charge in [0.25, 0.3) is 0 Å². The molecule has 1 nitrogen and oxygen atoms in total. The van der Waals surface area contributed by atoms with Crippen molar-refractivity contribution >= 4 is 11.6 Å². The van der Waals surface area contributed by atoms with E-state index < -0.39 is 0 Å². The molecule has 1 aromatic carbocycles. The fraction of sp³-hybridized carbons (Fsp3) is 0.538. The molecule has 1 aromatic rings. The largest absolute Gasteiger partial charge is 0.314 e. The number of halogens is 1. The van der Waals surface area contributed by atoms with Crippen molar-refractivity contribution in [3.63, 3.8) is 0 Å². The molecule has 0 saturated heterocycles. The summed E-state index contributed by atoms with van der Waals surface area (Å²) in [6.07, 6.45) is 1.07. The Morgan fingerprint density at radius 1 is 1.20 bits per heavy atom. The first-order chi connectivity index (χ1) is 7.13. The maximum absolute atomic E-state index is 5.86. The van der Waals surface area contributed by atoms with E-state index in [1.807, 2.05) is 12.1 Å². The fourth-order valence-corrected chi connectivity index (χ4v) is 1.81. The second-order valence-corrected chi connectivity index (χ2v) is 4.68. The van der Waals surface area contributed by atoms with E-state index in [0.29, 0.717) is 12.0 Å². The van der Waals surface area contributed by atoms with Gasteiger partial charge in [0.1, 0.15) is 0 Å². The summed E-state index contributed by atoms with van der Waals surface area (Å²) in [7, 11) is 0. The number of hydrogen-bond acceptors (Lipinski definition) is 1. The highest BCUT2D eigenvalue weighted by Gasteiger charge is 2.12. The predicted molar refractivity (Wildman–Crippen MR) is 67.5 cm³/mol. The Morgan fingerprint density at radius 2 is 1.80 bits per heavy atom. The molecule has 84 valence electrons. The Morgan fingerprint density at radius 3 is 2.27 bits per heavy atom. The molecule has 0 bridgehead atoms. The molecular weight excluding hydrogens is 206 g/mol. The van der Waals surface area contributed by atoms with Gasteiger partial charge in [-0.3, -0.25) is 0 Å². The third-order valence-electron chi connectivity index (χ3n) is 2.64. The second-order valence-electron chi connectivity index (χ2n) is 4.24. The standard InChI is InChI=1S/C13H20ClN/c1-4-15-13(10(2)3)9-11-5-7-12(14)8-6-11/h5-8,10,13,15H,4,9H2,1-3H3.